The number of phosphoric acid groups is 1. The third-order valence-electron chi connectivity index (χ3n) is 2.66. The maximum Gasteiger partial charge on any atom is 0.470 e. The molecule has 0 aromatic carbocycles. The Balaban J connectivity index is 3.01. The molecule has 0 aromatic rings. The summed E-state index contributed by atoms with van der Waals surface area (Å²) in [6, 6.07) is 1.66. The normalized spacial score (nSPS) is 32.4. The van der Waals surface area contributed by atoms with E-state index in [1.54, 1.807) is 38.2 Å². The smallest absolute Gasteiger partial charge is 0.303 e. The Morgan fingerprint density at radius 3 is 2.67 bits per heavy atom. The highest BCUT2D eigenvalue weighted by Gasteiger charge is 2.28. The van der Waals surface area contributed by atoms with Crippen molar-refractivity contribution < 1.29 is 18.9 Å². The van der Waals surface area contributed by atoms with Crippen molar-refractivity contribution in [2.24, 2.45) is 10.9 Å². The molecular formula is C11H15N2O4P. The molecule has 1 unspecified atom stereocenters. The molecule has 0 saturated carbocycles. The molecule has 0 spiro atoms. The molecule has 0 bridgehead atoms. The highest BCUT2D eigenvalue weighted by molar-refractivity contribution is 7.46. The Kier molecular flexibility index (Phi) is 5.00. The van der Waals surface area contributed by atoms with Crippen molar-refractivity contribution >= 4 is 13.5 Å². The summed E-state index contributed by atoms with van der Waals surface area (Å²) in [7, 11) is -4.56. The standard InChI is InChI=1S/C11H15N2O4P/c1-8-9(2)13-10(7-12)5-3-4-6-11(8)17-18(14,15)16/h3-6,8-9,11H,1-2H3,(H2,14,15,16)/b5-3-,6-4+,13-10?/t8-,9-,11?/m1/s1. The predicted molar refractivity (Wildman–Crippen MR) is 66.9 cm³/mol. The van der Waals surface area contributed by atoms with Crippen LogP contribution in [0.15, 0.2) is 29.3 Å². The molecule has 0 aliphatic carbocycles. The lowest BCUT2D eigenvalue weighted by Gasteiger charge is -2.24. The summed E-state index contributed by atoms with van der Waals surface area (Å²) in [6.07, 6.45) is 5.50. The van der Waals surface area contributed by atoms with Gasteiger partial charge < -0.3 is 9.79 Å². The van der Waals surface area contributed by atoms with E-state index in [1.165, 1.54) is 0 Å². The molecule has 0 fully saturated rings. The van der Waals surface area contributed by atoms with Crippen LogP contribution in [0.5, 0.6) is 0 Å². The molecule has 2 N–H and O–H groups in total. The Labute approximate surface area is 106 Å². The number of aliphatic imine (C=N–C) groups is 1. The van der Waals surface area contributed by atoms with E-state index in [4.69, 9.17) is 19.6 Å². The second-order valence-corrected chi connectivity index (χ2v) is 5.22. The van der Waals surface area contributed by atoms with Crippen LogP contribution in [0.1, 0.15) is 13.8 Å². The van der Waals surface area contributed by atoms with E-state index in [-0.39, 0.29) is 17.7 Å². The first kappa shape index (κ1) is 14.8. The molecule has 98 valence electrons. The van der Waals surface area contributed by atoms with Gasteiger partial charge in [-0.15, -0.1) is 0 Å². The first-order valence-corrected chi connectivity index (χ1v) is 6.93. The van der Waals surface area contributed by atoms with Crippen molar-refractivity contribution in [3.63, 3.8) is 0 Å². The fraction of sp³-hybridized carbons (Fsp3) is 0.455. The minimum atomic E-state index is -4.56. The third kappa shape index (κ3) is 4.55. The number of rotatable bonds is 2. The summed E-state index contributed by atoms with van der Waals surface area (Å²) >= 11 is 0. The number of allylic oxidation sites excluding steroid dienone is 3. The van der Waals surface area contributed by atoms with E-state index in [0.29, 0.717) is 0 Å². The van der Waals surface area contributed by atoms with Crippen LogP contribution in [-0.4, -0.2) is 27.6 Å². The fourth-order valence-electron chi connectivity index (χ4n) is 1.51. The number of nitriles is 1. The predicted octanol–water partition coefficient (Wildman–Crippen LogP) is 1.58. The molecule has 0 radical (unpaired) electrons. The van der Waals surface area contributed by atoms with Gasteiger partial charge in [0.25, 0.3) is 0 Å². The van der Waals surface area contributed by atoms with Gasteiger partial charge in [0.2, 0.25) is 0 Å². The van der Waals surface area contributed by atoms with Crippen LogP contribution in [-0.2, 0) is 9.09 Å². The molecular weight excluding hydrogens is 255 g/mol. The second-order valence-electron chi connectivity index (χ2n) is 4.03. The molecule has 1 aliphatic heterocycles. The Hall–Kier alpha value is -1.25. The average molecular weight is 270 g/mol. The van der Waals surface area contributed by atoms with Gasteiger partial charge >= 0.3 is 7.82 Å². The molecule has 0 amide bonds. The minimum Gasteiger partial charge on any atom is -0.303 e. The van der Waals surface area contributed by atoms with Crippen LogP contribution >= 0.6 is 7.82 Å². The second kappa shape index (κ2) is 6.07. The lowest BCUT2D eigenvalue weighted by molar-refractivity contribution is 0.119. The zero-order valence-electron chi connectivity index (χ0n) is 10.1. The van der Waals surface area contributed by atoms with E-state index in [0.717, 1.165) is 0 Å². The van der Waals surface area contributed by atoms with Gasteiger partial charge in [-0.2, -0.15) is 5.26 Å². The lowest BCUT2D eigenvalue weighted by atomic mass is 9.97. The zero-order chi connectivity index (χ0) is 13.8. The van der Waals surface area contributed by atoms with Gasteiger partial charge in [0.15, 0.2) is 0 Å². The van der Waals surface area contributed by atoms with E-state index in [1.807, 2.05) is 6.07 Å². The summed E-state index contributed by atoms with van der Waals surface area (Å²) in [6.45, 7) is 3.53. The zero-order valence-corrected chi connectivity index (χ0v) is 11.0. The monoisotopic (exact) mass is 270 g/mol. The van der Waals surface area contributed by atoms with Crippen LogP contribution in [0.3, 0.4) is 0 Å². The van der Waals surface area contributed by atoms with Gasteiger partial charge in [-0.05, 0) is 13.0 Å². The highest BCUT2D eigenvalue weighted by Crippen LogP contribution is 2.40. The molecule has 0 saturated heterocycles. The van der Waals surface area contributed by atoms with Crippen molar-refractivity contribution in [3.8, 4) is 6.07 Å². The molecule has 1 heterocycles. The Bertz CT molecular complexity index is 472. The topological polar surface area (TPSA) is 103 Å². The van der Waals surface area contributed by atoms with Crippen LogP contribution in [0, 0.1) is 17.2 Å². The number of hydrogen-bond donors (Lipinski definition) is 2. The van der Waals surface area contributed by atoms with Crippen molar-refractivity contribution in [2.45, 2.75) is 26.0 Å². The molecule has 6 nitrogen and oxygen atoms in total. The maximum absolute atomic E-state index is 10.9. The van der Waals surface area contributed by atoms with Gasteiger partial charge in [0.1, 0.15) is 11.8 Å². The van der Waals surface area contributed by atoms with Gasteiger partial charge in [-0.1, -0.05) is 25.2 Å². The first-order valence-electron chi connectivity index (χ1n) is 5.40. The van der Waals surface area contributed by atoms with Gasteiger partial charge in [-0.3, -0.25) is 9.52 Å². The third-order valence-corrected chi connectivity index (χ3v) is 3.18. The fourth-order valence-corrected chi connectivity index (χ4v) is 2.09. The number of phosphoric ester groups is 1. The summed E-state index contributed by atoms with van der Waals surface area (Å²) in [4.78, 5) is 21.9. The molecule has 3 atom stereocenters. The van der Waals surface area contributed by atoms with Gasteiger partial charge in [0.05, 0.1) is 12.1 Å². The van der Waals surface area contributed by atoms with Crippen molar-refractivity contribution in [3.05, 3.63) is 24.3 Å². The number of hydrogen-bond acceptors (Lipinski definition) is 4. The van der Waals surface area contributed by atoms with E-state index < -0.39 is 13.9 Å². The minimum absolute atomic E-state index is 0.267. The summed E-state index contributed by atoms with van der Waals surface area (Å²) in [5.74, 6) is -0.267. The molecule has 1 aliphatic rings. The van der Waals surface area contributed by atoms with Crippen LogP contribution in [0.25, 0.3) is 0 Å². The number of nitrogens with zero attached hydrogens (tertiary/aromatic N) is 2. The lowest BCUT2D eigenvalue weighted by Crippen LogP contribution is -2.27. The first-order chi connectivity index (χ1) is 8.33. The molecule has 18 heavy (non-hydrogen) atoms. The highest BCUT2D eigenvalue weighted by atomic mass is 31.2. The Morgan fingerprint density at radius 2 is 2.11 bits per heavy atom. The summed E-state index contributed by atoms with van der Waals surface area (Å²) in [5, 5.41) is 8.84. The van der Waals surface area contributed by atoms with Crippen molar-refractivity contribution in [1.82, 2.24) is 0 Å². The van der Waals surface area contributed by atoms with E-state index in [2.05, 4.69) is 4.99 Å². The summed E-state index contributed by atoms with van der Waals surface area (Å²) in [5.41, 5.74) is 0.274. The van der Waals surface area contributed by atoms with Crippen LogP contribution in [0.2, 0.25) is 0 Å². The van der Waals surface area contributed by atoms with Crippen molar-refractivity contribution in [1.29, 1.82) is 5.26 Å². The summed E-state index contributed by atoms with van der Waals surface area (Å²) < 4.78 is 15.6. The maximum atomic E-state index is 10.9. The van der Waals surface area contributed by atoms with Crippen LogP contribution < -0.4 is 0 Å². The quantitative estimate of drug-likeness (QED) is 0.741. The van der Waals surface area contributed by atoms with Gasteiger partial charge in [-0.25, -0.2) is 4.57 Å². The van der Waals surface area contributed by atoms with E-state index >= 15 is 0 Å². The molecule has 0 aromatic heterocycles. The Morgan fingerprint density at radius 1 is 1.44 bits per heavy atom. The average Bonchev–Trinajstić information content (AvgIpc) is 2.33. The molecule has 1 rings (SSSR count). The largest absolute Gasteiger partial charge is 0.470 e. The SMILES string of the molecule is C[C@H]1N=C(C#N)/C=C\C=C\C(OP(=O)(O)O)[C@@H]1C. The van der Waals surface area contributed by atoms with E-state index in [9.17, 15) is 4.57 Å². The van der Waals surface area contributed by atoms with Crippen molar-refractivity contribution in [2.75, 3.05) is 0 Å². The van der Waals surface area contributed by atoms with Crippen LogP contribution in [0.4, 0.5) is 0 Å². The molecule has 7 heteroatoms. The van der Waals surface area contributed by atoms with Gasteiger partial charge in [0, 0.05) is 5.92 Å².